The van der Waals surface area contributed by atoms with E-state index in [1.807, 2.05) is 41.1 Å². The van der Waals surface area contributed by atoms with Crippen LogP contribution in [0.1, 0.15) is 29.7 Å². The first-order chi connectivity index (χ1) is 16.8. The van der Waals surface area contributed by atoms with Crippen LogP contribution in [0.5, 0.6) is 5.75 Å². The van der Waals surface area contributed by atoms with Crippen molar-refractivity contribution in [1.29, 1.82) is 0 Å². The number of benzene rings is 2. The summed E-state index contributed by atoms with van der Waals surface area (Å²) in [5, 5.41) is 5.64. The maximum atomic E-state index is 13.4. The normalized spacial score (nSPS) is 13.1. The highest BCUT2D eigenvalue weighted by Gasteiger charge is 2.21. The Morgan fingerprint density at radius 2 is 1.94 bits per heavy atom. The molecule has 2 aromatic carbocycles. The molecule has 2 heterocycles. The van der Waals surface area contributed by atoms with Crippen molar-refractivity contribution in [1.82, 2.24) is 9.78 Å². The van der Waals surface area contributed by atoms with Gasteiger partial charge in [0.25, 0.3) is 0 Å². The van der Waals surface area contributed by atoms with Crippen LogP contribution in [0.2, 0.25) is 4.34 Å². The summed E-state index contributed by atoms with van der Waals surface area (Å²) in [6.07, 6.45) is 1.56. The Bertz CT molecular complexity index is 1460. The van der Waals surface area contributed by atoms with E-state index in [4.69, 9.17) is 38.4 Å². The van der Waals surface area contributed by atoms with Gasteiger partial charge in [-0.2, -0.15) is 5.10 Å². The van der Waals surface area contributed by atoms with Crippen molar-refractivity contribution >= 4 is 59.3 Å². The second-order valence-corrected chi connectivity index (χ2v) is 13.7. The number of nitrogens with two attached hydrogens (primary N) is 1. The molecular weight excluding hydrogens is 522 g/mol. The number of rotatable bonds is 11. The van der Waals surface area contributed by atoms with Gasteiger partial charge < -0.3 is 10.5 Å². The average Bonchev–Trinajstić information content (AvgIpc) is 3.42. The second-order valence-electron chi connectivity index (χ2n) is 8.17. The molecule has 6 nitrogen and oxygen atoms in total. The Labute approximate surface area is 218 Å². The Morgan fingerprint density at radius 1 is 1.17 bits per heavy atom. The first-order valence-electron chi connectivity index (χ1n) is 11.1. The molecule has 0 saturated carbocycles. The highest BCUT2D eigenvalue weighted by molar-refractivity contribution is 8.33. The van der Waals surface area contributed by atoms with Gasteiger partial charge in [0.05, 0.1) is 53.0 Å². The van der Waals surface area contributed by atoms with Gasteiger partial charge in [-0.3, -0.25) is 13.7 Å². The van der Waals surface area contributed by atoms with Crippen molar-refractivity contribution < 1.29 is 13.7 Å². The third kappa shape index (κ3) is 6.10. The number of Topliss-reactive ketones (excluding diaryl/α,β-unsaturated/α-hetero) is 1. The van der Waals surface area contributed by atoms with Crippen LogP contribution in [0.15, 0.2) is 58.8 Å². The third-order valence-electron chi connectivity index (χ3n) is 5.65. The van der Waals surface area contributed by atoms with Crippen molar-refractivity contribution in [3.8, 4) is 5.75 Å². The molecule has 0 fully saturated rings. The van der Waals surface area contributed by atoms with Gasteiger partial charge in [-0.1, -0.05) is 41.9 Å². The van der Waals surface area contributed by atoms with E-state index in [9.17, 15) is 9.00 Å². The summed E-state index contributed by atoms with van der Waals surface area (Å²) in [5.41, 5.74) is 9.12. The molecule has 2 N–H and O–H groups in total. The van der Waals surface area contributed by atoms with Crippen LogP contribution in [-0.4, -0.2) is 33.4 Å². The van der Waals surface area contributed by atoms with Crippen LogP contribution in [0.25, 0.3) is 10.9 Å². The first kappa shape index (κ1) is 25.8. The van der Waals surface area contributed by atoms with Crippen molar-refractivity contribution in [3.63, 3.8) is 0 Å². The number of hydrogen-bond acceptors (Lipinski definition) is 7. The zero-order valence-electron chi connectivity index (χ0n) is 19.2. The molecular formula is C25H26ClN3O3S3. The summed E-state index contributed by atoms with van der Waals surface area (Å²) >= 11 is 12.8. The van der Waals surface area contributed by atoms with Crippen molar-refractivity contribution in [2.75, 3.05) is 13.7 Å². The number of ketones is 1. The molecule has 10 heteroatoms. The average molecular weight is 548 g/mol. The molecule has 0 aliphatic carbocycles. The monoisotopic (exact) mass is 547 g/mol. The van der Waals surface area contributed by atoms with E-state index in [1.54, 1.807) is 19.2 Å². The number of thiophene rings is 1. The van der Waals surface area contributed by atoms with Gasteiger partial charge in [-0.15, -0.1) is 11.3 Å². The number of carbonyl (C=O) groups excluding carboxylic acids is 1. The summed E-state index contributed by atoms with van der Waals surface area (Å²) < 4.78 is 22.1. The fourth-order valence-corrected chi connectivity index (χ4v) is 7.66. The summed E-state index contributed by atoms with van der Waals surface area (Å²) in [6, 6.07) is 17.3. The molecule has 2 aromatic heterocycles. The van der Waals surface area contributed by atoms with Crippen molar-refractivity contribution in [2.24, 2.45) is 5.73 Å². The van der Waals surface area contributed by atoms with Crippen LogP contribution in [0, 0.1) is 0 Å². The molecule has 0 bridgehead atoms. The first-order valence-corrected chi connectivity index (χ1v) is 15.0. The number of methoxy groups -OCH3 is 1. The largest absolute Gasteiger partial charge is 0.496 e. The Kier molecular flexibility index (Phi) is 8.23. The van der Waals surface area contributed by atoms with E-state index in [1.165, 1.54) is 11.3 Å². The Balaban J connectivity index is 1.65. The number of halogens is 1. The highest BCUT2D eigenvalue weighted by Crippen LogP contribution is 2.33. The number of aryl methyl sites for hydroxylation is 1. The van der Waals surface area contributed by atoms with Gasteiger partial charge in [0.1, 0.15) is 11.5 Å². The molecule has 4 aromatic rings. The van der Waals surface area contributed by atoms with Gasteiger partial charge in [0, 0.05) is 12.8 Å². The lowest BCUT2D eigenvalue weighted by Crippen LogP contribution is -2.08. The summed E-state index contributed by atoms with van der Waals surface area (Å²) in [5.74, 6) is 0.935. The molecule has 1 unspecified atom stereocenters. The predicted molar refractivity (Wildman–Crippen MR) is 146 cm³/mol. The number of hydrogen-bond donors (Lipinski definition) is 1. The highest BCUT2D eigenvalue weighted by atomic mass is 35.5. The van der Waals surface area contributed by atoms with Crippen LogP contribution >= 0.6 is 22.9 Å². The molecule has 0 spiro atoms. The number of aromatic nitrogens is 2. The minimum absolute atomic E-state index is 0.104. The van der Waals surface area contributed by atoms with Crippen LogP contribution in [0.4, 0.5) is 0 Å². The Morgan fingerprint density at radius 3 is 2.66 bits per heavy atom. The molecule has 0 saturated heterocycles. The second kappa shape index (κ2) is 11.2. The SMILES string of the molecule is COc1cccc2c1c(CS(=O)(=S)c1ccc(Cl)s1)nn2Cc1cccc(CCC(=O)CCN)c1. The zero-order valence-corrected chi connectivity index (χ0v) is 22.4. The molecule has 35 heavy (non-hydrogen) atoms. The van der Waals surface area contributed by atoms with Crippen LogP contribution in [-0.2, 0) is 43.2 Å². The number of carbonyl (C=O) groups is 1. The third-order valence-corrected chi connectivity index (χ3v) is 10.3. The lowest BCUT2D eigenvalue weighted by Gasteiger charge is -2.07. The van der Waals surface area contributed by atoms with Gasteiger partial charge >= 0.3 is 0 Å². The molecule has 0 aliphatic rings. The smallest absolute Gasteiger partial charge is 0.134 e. The van der Waals surface area contributed by atoms with Gasteiger partial charge in [0.2, 0.25) is 0 Å². The molecule has 0 radical (unpaired) electrons. The van der Waals surface area contributed by atoms with Crippen molar-refractivity contribution in [2.45, 2.75) is 35.8 Å². The molecule has 4 rings (SSSR count). The van der Waals surface area contributed by atoms with Gasteiger partial charge in [-0.05, 0) is 59.5 Å². The van der Waals surface area contributed by atoms with Crippen LogP contribution in [0.3, 0.4) is 0 Å². The zero-order chi connectivity index (χ0) is 25.0. The fourth-order valence-electron chi connectivity index (χ4n) is 4.01. The molecule has 1 atom stereocenters. The molecule has 0 aliphatic heterocycles. The number of nitrogens with zero attached hydrogens (tertiary/aromatic N) is 2. The predicted octanol–water partition coefficient (Wildman–Crippen LogP) is 4.96. The number of ether oxygens (including phenoxy) is 1. The lowest BCUT2D eigenvalue weighted by atomic mass is 10.0. The molecule has 0 amide bonds. The summed E-state index contributed by atoms with van der Waals surface area (Å²) in [4.78, 5) is 11.9. The molecule has 184 valence electrons. The topological polar surface area (TPSA) is 87.2 Å². The van der Waals surface area contributed by atoms with Gasteiger partial charge in [-0.25, -0.2) is 0 Å². The van der Waals surface area contributed by atoms with Crippen LogP contribution < -0.4 is 10.5 Å². The summed E-state index contributed by atoms with van der Waals surface area (Å²) in [7, 11) is -1.19. The van der Waals surface area contributed by atoms with E-state index in [2.05, 4.69) is 6.07 Å². The quantitative estimate of drug-likeness (QED) is 0.285. The fraction of sp³-hybridized carbons (Fsp3) is 0.280. The van der Waals surface area contributed by atoms with Crippen molar-refractivity contribution in [3.05, 3.63) is 75.8 Å². The number of fused-ring (bicyclic) bond motifs is 1. The maximum absolute atomic E-state index is 13.4. The maximum Gasteiger partial charge on any atom is 0.134 e. The van der Waals surface area contributed by atoms with Gasteiger partial charge in [0.15, 0.2) is 0 Å². The standard InChI is InChI=1S/C25H26ClN3O3S3/c1-32-22-7-3-6-21-25(22)20(16-35(31,33)24-11-10-23(26)34-24)28-29(21)15-18-5-2-4-17(14-18)8-9-19(30)12-13-27/h2-7,10-11,14H,8-9,12-13,15-16,27H2,1H3. The van der Waals surface area contributed by atoms with E-state index < -0.39 is 8.49 Å². The van der Waals surface area contributed by atoms with E-state index >= 15 is 0 Å². The Hall–Kier alpha value is -2.30. The van der Waals surface area contributed by atoms with E-state index in [-0.39, 0.29) is 11.5 Å². The minimum atomic E-state index is -2.80. The minimum Gasteiger partial charge on any atom is -0.496 e. The summed E-state index contributed by atoms with van der Waals surface area (Å²) in [6.45, 7) is 0.894. The van der Waals surface area contributed by atoms with E-state index in [0.29, 0.717) is 52.3 Å². The van der Waals surface area contributed by atoms with E-state index in [0.717, 1.165) is 22.0 Å². The lowest BCUT2D eigenvalue weighted by molar-refractivity contribution is -0.118.